The van der Waals surface area contributed by atoms with Gasteiger partial charge in [0, 0.05) is 18.7 Å². The number of esters is 1. The molecule has 15 heteroatoms. The number of fused-ring (bicyclic) bond motifs is 1. The Morgan fingerprint density at radius 3 is 2.53 bits per heavy atom. The van der Waals surface area contributed by atoms with Gasteiger partial charge in [0.15, 0.2) is 0 Å². The summed E-state index contributed by atoms with van der Waals surface area (Å²) in [5.41, 5.74) is 0.656. The summed E-state index contributed by atoms with van der Waals surface area (Å²) in [6.07, 6.45) is -11.2. The maximum atomic E-state index is 13.5. The highest BCUT2D eigenvalue weighted by atomic mass is 19.4. The third-order valence-electron chi connectivity index (χ3n) is 4.37. The van der Waals surface area contributed by atoms with Gasteiger partial charge in [-0.25, -0.2) is 14.6 Å². The molecule has 0 saturated carbocycles. The molecule has 1 aromatic carbocycles. The van der Waals surface area contributed by atoms with Crippen LogP contribution in [0, 0.1) is 6.92 Å². The molecule has 0 radical (unpaired) electrons. The van der Waals surface area contributed by atoms with Gasteiger partial charge in [-0.05, 0) is 42.4 Å². The predicted molar refractivity (Wildman–Crippen MR) is 91.3 cm³/mol. The summed E-state index contributed by atoms with van der Waals surface area (Å²) >= 11 is 0. The zero-order valence-electron chi connectivity index (χ0n) is 16.3. The molecule has 9 nitrogen and oxygen atoms in total. The molecule has 1 fully saturated rings. The Bertz CT molecular complexity index is 887. The Balaban J connectivity index is 1.75. The van der Waals surface area contributed by atoms with Crippen LogP contribution in [0.3, 0.4) is 0 Å². The van der Waals surface area contributed by atoms with Crippen molar-refractivity contribution in [2.45, 2.75) is 32.0 Å². The van der Waals surface area contributed by atoms with Crippen molar-refractivity contribution in [3.63, 3.8) is 0 Å². The molecule has 0 bridgehead atoms. The van der Waals surface area contributed by atoms with Crippen molar-refractivity contribution in [1.29, 1.82) is 0 Å². The third kappa shape index (κ3) is 5.80. The van der Waals surface area contributed by atoms with E-state index in [9.17, 15) is 36.3 Å². The van der Waals surface area contributed by atoms with Crippen LogP contribution in [0.1, 0.15) is 17.5 Å². The first-order valence-electron chi connectivity index (χ1n) is 8.99. The summed E-state index contributed by atoms with van der Waals surface area (Å²) in [5.74, 6) is -2.55. The van der Waals surface area contributed by atoms with Crippen LogP contribution in [0.25, 0.3) is 6.08 Å². The molecule has 0 aliphatic carbocycles. The van der Waals surface area contributed by atoms with E-state index in [1.807, 2.05) is 5.59 Å². The Labute approximate surface area is 176 Å². The van der Waals surface area contributed by atoms with E-state index < -0.39 is 42.7 Å². The van der Waals surface area contributed by atoms with E-state index in [4.69, 9.17) is 4.74 Å². The number of benzene rings is 1. The second-order valence-electron chi connectivity index (χ2n) is 6.73. The average molecular weight is 473 g/mol. The van der Waals surface area contributed by atoms with Crippen molar-refractivity contribution in [2.75, 3.05) is 19.9 Å². The molecular weight excluding hydrogens is 456 g/mol. The molecule has 0 unspecified atom stereocenters. The Hall–Kier alpha value is -2.59. The average Bonchev–Trinajstić information content (AvgIpc) is 2.60. The van der Waals surface area contributed by atoms with Gasteiger partial charge in [0.2, 0.25) is 12.9 Å². The molecule has 32 heavy (non-hydrogen) atoms. The zero-order valence-corrected chi connectivity index (χ0v) is 16.3. The first-order chi connectivity index (χ1) is 14.8. The van der Waals surface area contributed by atoms with Gasteiger partial charge in [-0.2, -0.15) is 13.2 Å². The van der Waals surface area contributed by atoms with Gasteiger partial charge in [0.25, 0.3) is 0 Å². The summed E-state index contributed by atoms with van der Waals surface area (Å²) in [6, 6.07) is 1.64. The first-order valence-corrected chi connectivity index (χ1v) is 8.99. The molecule has 1 aromatic rings. The highest BCUT2D eigenvalue weighted by Gasteiger charge is 2.49. The monoisotopic (exact) mass is 473 g/mol. The number of alkyl halides is 6. The van der Waals surface area contributed by atoms with Gasteiger partial charge in [-0.3, -0.25) is 5.21 Å². The van der Waals surface area contributed by atoms with Crippen molar-refractivity contribution in [3.05, 3.63) is 28.8 Å². The summed E-state index contributed by atoms with van der Waals surface area (Å²) < 4.78 is 91.2. The van der Waals surface area contributed by atoms with Gasteiger partial charge in [0.1, 0.15) is 11.5 Å². The number of nitrogens with zero attached hydrogens (tertiary/aromatic N) is 2. The molecule has 2 N–H and O–H groups in total. The molecule has 0 aromatic heterocycles. The van der Waals surface area contributed by atoms with E-state index >= 15 is 0 Å². The lowest BCUT2D eigenvalue weighted by Crippen LogP contribution is -2.55. The quantitative estimate of drug-likeness (QED) is 0.204. The highest BCUT2D eigenvalue weighted by Crippen LogP contribution is 2.41. The summed E-state index contributed by atoms with van der Waals surface area (Å²) in [6.45, 7) is 1.39. The normalized spacial score (nSPS) is 19.0. The van der Waals surface area contributed by atoms with Crippen LogP contribution >= 0.6 is 0 Å². The van der Waals surface area contributed by atoms with Crippen molar-refractivity contribution in [2.24, 2.45) is 0 Å². The smallest absolute Gasteiger partial charge is 0.475 e. The van der Waals surface area contributed by atoms with E-state index in [-0.39, 0.29) is 16.9 Å². The van der Waals surface area contributed by atoms with Crippen molar-refractivity contribution in [1.82, 2.24) is 15.9 Å². The van der Waals surface area contributed by atoms with E-state index in [0.717, 1.165) is 18.6 Å². The van der Waals surface area contributed by atoms with Gasteiger partial charge < -0.3 is 14.2 Å². The van der Waals surface area contributed by atoms with E-state index in [1.54, 1.807) is 0 Å². The third-order valence-corrected chi connectivity index (χ3v) is 4.37. The maximum Gasteiger partial charge on any atom is 0.573 e. The minimum Gasteiger partial charge on any atom is -0.475 e. The lowest BCUT2D eigenvalue weighted by molar-refractivity contribution is -0.367. The lowest BCUT2D eigenvalue weighted by atomic mass is 9.99. The van der Waals surface area contributed by atoms with E-state index in [2.05, 4.69) is 14.3 Å². The van der Waals surface area contributed by atoms with Crippen LogP contribution in [0.15, 0.2) is 17.7 Å². The number of hydrogen-bond donors (Lipinski definition) is 2. The highest BCUT2D eigenvalue weighted by molar-refractivity contribution is 5.96. The minimum absolute atomic E-state index is 0.0683. The summed E-state index contributed by atoms with van der Waals surface area (Å²) in [5, 5.41) is 11.4. The largest absolute Gasteiger partial charge is 0.573 e. The number of hydrazine groups is 2. The Morgan fingerprint density at radius 1 is 1.28 bits per heavy atom. The number of hydrogen-bond acceptors (Lipinski definition) is 9. The number of ether oxygens (including phenoxy) is 3. The Morgan fingerprint density at radius 2 is 1.97 bits per heavy atom. The molecule has 0 spiro atoms. The molecule has 0 amide bonds. The van der Waals surface area contributed by atoms with E-state index in [0.29, 0.717) is 24.4 Å². The van der Waals surface area contributed by atoms with Crippen LogP contribution in [-0.2, 0) is 14.4 Å². The fourth-order valence-electron chi connectivity index (χ4n) is 2.86. The fraction of sp³-hybridized carbons (Fsp3) is 0.471. The van der Waals surface area contributed by atoms with Crippen LogP contribution in [0.5, 0.6) is 11.5 Å². The topological polar surface area (TPSA) is 92.7 Å². The number of carbonyl (C=O) groups excluding carboxylic acids is 1. The number of carbonyl (C=O) groups is 1. The SMILES string of the molecule is Cc1cc(OC(F)(F)F)cc2c1O[C@H](C(F)(F)F)C(C(=O)OCONN(O)N1CCC1)=C2. The second kappa shape index (κ2) is 9.11. The van der Waals surface area contributed by atoms with Gasteiger partial charge in [-0.1, -0.05) is 5.59 Å². The van der Waals surface area contributed by atoms with Crippen molar-refractivity contribution in [3.8, 4) is 11.5 Å². The minimum atomic E-state index is -5.03. The van der Waals surface area contributed by atoms with Crippen molar-refractivity contribution >= 4 is 12.0 Å². The molecule has 2 aliphatic rings. The fourth-order valence-corrected chi connectivity index (χ4v) is 2.86. The number of halogens is 6. The molecular formula is C17H17F6N3O6. The molecule has 1 atom stereocenters. The van der Waals surface area contributed by atoms with Crippen LogP contribution in [0.2, 0.25) is 0 Å². The predicted octanol–water partition coefficient (Wildman–Crippen LogP) is 2.85. The molecule has 2 aliphatic heterocycles. The van der Waals surface area contributed by atoms with Crippen LogP contribution in [0.4, 0.5) is 26.3 Å². The summed E-state index contributed by atoms with van der Waals surface area (Å²) in [7, 11) is 0. The van der Waals surface area contributed by atoms with Crippen LogP contribution < -0.4 is 15.1 Å². The van der Waals surface area contributed by atoms with E-state index in [1.165, 1.54) is 11.9 Å². The number of nitrogens with one attached hydrogen (secondary N) is 1. The number of rotatable bonds is 7. The maximum absolute atomic E-state index is 13.5. The molecule has 2 heterocycles. The number of aryl methyl sites for hydroxylation is 1. The Kier molecular flexibility index (Phi) is 6.85. The molecule has 1 saturated heterocycles. The summed E-state index contributed by atoms with van der Waals surface area (Å²) in [4.78, 5) is 16.9. The van der Waals surface area contributed by atoms with Gasteiger partial charge in [-0.15, -0.1) is 13.2 Å². The van der Waals surface area contributed by atoms with Gasteiger partial charge >= 0.3 is 18.5 Å². The van der Waals surface area contributed by atoms with Crippen LogP contribution in [-0.4, -0.2) is 60.0 Å². The zero-order chi connectivity index (χ0) is 23.7. The first kappa shape index (κ1) is 24.1. The standard InChI is InChI=1S/C17H17F6N3O6/c1-9-5-11(32-17(21,22)23)6-10-7-12(14(16(18,19)20)31-13(9)10)15(27)29-8-30-24-26(28)25-3-2-4-25/h5-7,14,24,28H,2-4,8H2,1H3/t14-/m0/s1. The van der Waals surface area contributed by atoms with Crippen molar-refractivity contribution < 1.29 is 55.4 Å². The van der Waals surface area contributed by atoms with Gasteiger partial charge in [0.05, 0.1) is 5.57 Å². The molecule has 3 rings (SSSR count). The lowest BCUT2D eigenvalue weighted by Gasteiger charge is -2.35. The molecule has 178 valence electrons. The second-order valence-corrected chi connectivity index (χ2v) is 6.73.